The highest BCUT2D eigenvalue weighted by atomic mass is 35.5. The van der Waals surface area contributed by atoms with Crippen LogP contribution < -0.4 is 15.2 Å². The van der Waals surface area contributed by atoms with Crippen molar-refractivity contribution in [3.63, 3.8) is 0 Å². The number of sulfonamides is 1. The summed E-state index contributed by atoms with van der Waals surface area (Å²) in [5, 5.41) is 10.9. The van der Waals surface area contributed by atoms with Crippen LogP contribution in [0.4, 0.5) is 5.69 Å². The van der Waals surface area contributed by atoms with Crippen molar-refractivity contribution in [2.75, 3.05) is 13.7 Å². The van der Waals surface area contributed by atoms with Crippen molar-refractivity contribution in [1.82, 2.24) is 4.72 Å². The molecular formula is C15H24ClN3O5S. The first-order chi connectivity index (χ1) is 11.4. The second-order valence-electron chi connectivity index (χ2n) is 5.95. The molecule has 0 amide bonds. The zero-order chi connectivity index (χ0) is 17.7. The van der Waals surface area contributed by atoms with Gasteiger partial charge < -0.3 is 10.5 Å². The highest BCUT2D eigenvalue weighted by molar-refractivity contribution is 7.89. The Bertz CT molecular complexity index is 692. The van der Waals surface area contributed by atoms with E-state index in [0.717, 1.165) is 38.2 Å². The Morgan fingerprint density at radius 3 is 2.52 bits per heavy atom. The quantitative estimate of drug-likeness (QED) is 0.540. The van der Waals surface area contributed by atoms with Gasteiger partial charge in [-0.15, -0.1) is 12.4 Å². The van der Waals surface area contributed by atoms with E-state index in [1.54, 1.807) is 0 Å². The van der Waals surface area contributed by atoms with Crippen molar-refractivity contribution in [2.24, 2.45) is 11.7 Å². The van der Waals surface area contributed by atoms with Gasteiger partial charge in [-0.2, -0.15) is 0 Å². The summed E-state index contributed by atoms with van der Waals surface area (Å²) >= 11 is 0. The van der Waals surface area contributed by atoms with Crippen molar-refractivity contribution < 1.29 is 18.1 Å². The third-order valence-electron chi connectivity index (χ3n) is 4.43. The van der Waals surface area contributed by atoms with Gasteiger partial charge in [-0.25, -0.2) is 13.1 Å². The summed E-state index contributed by atoms with van der Waals surface area (Å²) in [7, 11) is -2.66. The summed E-state index contributed by atoms with van der Waals surface area (Å²) < 4.78 is 33.1. The lowest BCUT2D eigenvalue weighted by Crippen LogP contribution is -2.45. The highest BCUT2D eigenvalue weighted by Gasteiger charge is 2.30. The minimum absolute atomic E-state index is 0. The van der Waals surface area contributed by atoms with Crippen molar-refractivity contribution in [3.05, 3.63) is 28.3 Å². The molecule has 1 aromatic carbocycles. The van der Waals surface area contributed by atoms with Gasteiger partial charge in [0.1, 0.15) is 10.6 Å². The summed E-state index contributed by atoms with van der Waals surface area (Å²) in [6.45, 7) is 0.182. The van der Waals surface area contributed by atoms with Gasteiger partial charge in [0.2, 0.25) is 10.0 Å². The Morgan fingerprint density at radius 1 is 1.36 bits per heavy atom. The van der Waals surface area contributed by atoms with Gasteiger partial charge in [0, 0.05) is 24.7 Å². The molecule has 0 aromatic heterocycles. The van der Waals surface area contributed by atoms with Crippen LogP contribution in [0.5, 0.6) is 5.75 Å². The van der Waals surface area contributed by atoms with E-state index >= 15 is 0 Å². The van der Waals surface area contributed by atoms with E-state index in [1.165, 1.54) is 19.2 Å². The fraction of sp³-hybridized carbons (Fsp3) is 0.600. The van der Waals surface area contributed by atoms with Gasteiger partial charge in [0.05, 0.1) is 12.0 Å². The lowest BCUT2D eigenvalue weighted by Gasteiger charge is -2.30. The smallest absolute Gasteiger partial charge is 0.271 e. The Labute approximate surface area is 153 Å². The molecule has 0 aliphatic heterocycles. The fourth-order valence-electron chi connectivity index (χ4n) is 3.13. The Morgan fingerprint density at radius 2 is 2.00 bits per heavy atom. The number of non-ortho nitro benzene ring substituents is 1. The molecule has 3 N–H and O–H groups in total. The van der Waals surface area contributed by atoms with Crippen LogP contribution in [0.15, 0.2) is 23.1 Å². The first kappa shape index (κ1) is 21.6. The molecule has 2 rings (SSSR count). The van der Waals surface area contributed by atoms with Crippen molar-refractivity contribution in [3.8, 4) is 5.75 Å². The number of nitro benzene ring substituents is 1. The zero-order valence-electron chi connectivity index (χ0n) is 14.0. The molecule has 10 heteroatoms. The monoisotopic (exact) mass is 393 g/mol. The van der Waals surface area contributed by atoms with E-state index in [2.05, 4.69) is 4.72 Å². The van der Waals surface area contributed by atoms with Gasteiger partial charge in [0.15, 0.2) is 0 Å². The van der Waals surface area contributed by atoms with E-state index in [9.17, 15) is 18.5 Å². The van der Waals surface area contributed by atoms with E-state index in [-0.39, 0.29) is 47.2 Å². The topological polar surface area (TPSA) is 125 Å². The third-order valence-corrected chi connectivity index (χ3v) is 5.94. The molecular weight excluding hydrogens is 370 g/mol. The van der Waals surface area contributed by atoms with Crippen LogP contribution in [-0.4, -0.2) is 33.0 Å². The number of methoxy groups -OCH3 is 1. The van der Waals surface area contributed by atoms with Gasteiger partial charge in [-0.1, -0.05) is 19.3 Å². The SMILES string of the molecule is COc1ccc([N+](=O)[O-])cc1S(=O)(=O)NC(CN)C1CCCCC1.Cl. The molecule has 0 heterocycles. The summed E-state index contributed by atoms with van der Waals surface area (Å²) in [4.78, 5) is 10.1. The summed E-state index contributed by atoms with van der Waals surface area (Å²) in [6.07, 6.45) is 5.12. The number of nitrogens with one attached hydrogen (secondary N) is 1. The lowest BCUT2D eigenvalue weighted by atomic mass is 9.84. The van der Waals surface area contributed by atoms with Crippen LogP contribution in [0.3, 0.4) is 0 Å². The Balaban J connectivity index is 0.00000312. The van der Waals surface area contributed by atoms with Crippen molar-refractivity contribution in [2.45, 2.75) is 43.0 Å². The second kappa shape index (κ2) is 9.33. The van der Waals surface area contributed by atoms with Gasteiger partial charge >= 0.3 is 0 Å². The second-order valence-corrected chi connectivity index (χ2v) is 7.64. The minimum atomic E-state index is -3.98. The molecule has 1 aliphatic carbocycles. The van der Waals surface area contributed by atoms with Crippen LogP contribution in [0.2, 0.25) is 0 Å². The number of nitro groups is 1. The highest BCUT2D eigenvalue weighted by Crippen LogP contribution is 2.30. The number of ether oxygens (including phenoxy) is 1. The molecule has 1 unspecified atom stereocenters. The number of hydrogen-bond donors (Lipinski definition) is 2. The molecule has 1 saturated carbocycles. The predicted molar refractivity (Wildman–Crippen MR) is 96.6 cm³/mol. The molecule has 8 nitrogen and oxygen atoms in total. The largest absolute Gasteiger partial charge is 0.495 e. The summed E-state index contributed by atoms with van der Waals surface area (Å²) in [5.74, 6) is 0.246. The maximum absolute atomic E-state index is 12.7. The van der Waals surface area contributed by atoms with Crippen LogP contribution in [-0.2, 0) is 10.0 Å². The van der Waals surface area contributed by atoms with E-state index in [1.807, 2.05) is 0 Å². The Hall–Kier alpha value is -1.42. The first-order valence-corrected chi connectivity index (χ1v) is 9.42. The number of nitrogens with zero attached hydrogens (tertiary/aromatic N) is 1. The number of nitrogens with two attached hydrogens (primary N) is 1. The van der Waals surface area contributed by atoms with Crippen LogP contribution >= 0.6 is 12.4 Å². The molecule has 25 heavy (non-hydrogen) atoms. The summed E-state index contributed by atoms with van der Waals surface area (Å²) in [6, 6.07) is 3.11. The van der Waals surface area contributed by atoms with E-state index in [4.69, 9.17) is 10.5 Å². The first-order valence-electron chi connectivity index (χ1n) is 7.94. The van der Waals surface area contributed by atoms with Crippen LogP contribution in [0.1, 0.15) is 32.1 Å². The molecule has 1 fully saturated rings. The molecule has 0 saturated heterocycles. The number of hydrogen-bond acceptors (Lipinski definition) is 6. The summed E-state index contributed by atoms with van der Waals surface area (Å²) in [5.41, 5.74) is 5.46. The molecule has 1 aromatic rings. The number of halogens is 1. The minimum Gasteiger partial charge on any atom is -0.495 e. The van der Waals surface area contributed by atoms with Crippen molar-refractivity contribution in [1.29, 1.82) is 0 Å². The predicted octanol–water partition coefficient (Wildman–Crippen LogP) is 2.21. The van der Waals surface area contributed by atoms with E-state index < -0.39 is 14.9 Å². The molecule has 0 spiro atoms. The average molecular weight is 394 g/mol. The number of rotatable bonds is 7. The van der Waals surface area contributed by atoms with Crippen LogP contribution in [0.25, 0.3) is 0 Å². The van der Waals surface area contributed by atoms with Gasteiger partial charge in [-0.3, -0.25) is 10.1 Å². The lowest BCUT2D eigenvalue weighted by molar-refractivity contribution is -0.385. The maximum atomic E-state index is 12.7. The van der Waals surface area contributed by atoms with Crippen molar-refractivity contribution >= 4 is 28.1 Å². The number of benzene rings is 1. The fourth-order valence-corrected chi connectivity index (χ4v) is 4.63. The average Bonchev–Trinajstić information content (AvgIpc) is 2.59. The van der Waals surface area contributed by atoms with Gasteiger partial charge in [-0.05, 0) is 24.8 Å². The van der Waals surface area contributed by atoms with Crippen LogP contribution in [0, 0.1) is 16.0 Å². The normalized spacial score (nSPS) is 16.7. The molecule has 1 atom stereocenters. The maximum Gasteiger partial charge on any atom is 0.271 e. The zero-order valence-corrected chi connectivity index (χ0v) is 15.6. The van der Waals surface area contributed by atoms with Gasteiger partial charge in [0.25, 0.3) is 5.69 Å². The molecule has 0 radical (unpaired) electrons. The molecule has 142 valence electrons. The standard InChI is InChI=1S/C15H23N3O5S.ClH/c1-23-14-8-7-12(18(19)20)9-15(14)24(21,22)17-13(10-16)11-5-3-2-4-6-11;/h7-9,11,13,17H,2-6,10,16H2,1H3;1H. The molecule has 1 aliphatic rings. The third kappa shape index (κ3) is 5.27. The Kier molecular flexibility index (Phi) is 8.07. The molecule has 0 bridgehead atoms. The van der Waals surface area contributed by atoms with E-state index in [0.29, 0.717) is 0 Å².